The summed E-state index contributed by atoms with van der Waals surface area (Å²) >= 11 is 0. The number of morpholine rings is 1. The van der Waals surface area contributed by atoms with Crippen molar-refractivity contribution >= 4 is 62.5 Å². The van der Waals surface area contributed by atoms with E-state index < -0.39 is 40.9 Å². The number of fused-ring (bicyclic) bond motifs is 6. The van der Waals surface area contributed by atoms with Crippen LogP contribution in [0, 0.1) is 35.8 Å². The van der Waals surface area contributed by atoms with Crippen molar-refractivity contribution in [1.82, 2.24) is 49.0 Å². The van der Waals surface area contributed by atoms with Gasteiger partial charge in [0.2, 0.25) is 11.8 Å². The van der Waals surface area contributed by atoms with Crippen LogP contribution in [0.15, 0.2) is 59.5 Å². The van der Waals surface area contributed by atoms with E-state index in [2.05, 4.69) is 42.8 Å². The second-order valence-electron chi connectivity index (χ2n) is 25.4. The summed E-state index contributed by atoms with van der Waals surface area (Å²) in [6.45, 7) is 9.65. The quantitative estimate of drug-likeness (QED) is 0.107. The highest BCUT2D eigenvalue weighted by Crippen LogP contribution is 2.46. The molecule has 6 aromatic rings. The lowest BCUT2D eigenvalue weighted by atomic mass is 9.88. The number of carbonyl (C=O) groups excluding carboxylic acids is 3. The van der Waals surface area contributed by atoms with Crippen molar-refractivity contribution in [2.75, 3.05) is 63.9 Å². The number of hydrogen-bond acceptors (Lipinski definition) is 14. The zero-order chi connectivity index (χ0) is 60.0. The number of carboxylic acid groups (broad SMARTS) is 1. The number of nitrogens with zero attached hydrogens (tertiary/aromatic N) is 10. The number of hydrogen-bond donors (Lipinski definition) is 2. The molecule has 3 aromatic heterocycles. The molecule has 1 spiro atoms. The molecule has 4 amide bonds. The molecule has 22 heteroatoms. The SMILES string of the molecule is C#Cc1c(F)ccc2cccc(-c3ncc4c(N5CC6CCC(C5)N6C(=O)OC(C)(C)C)nc(OC[C@@]56CCCN5[C@H](CC5CN(CC#Cc7cccc8c7n(C)c(=O)n8C7CCC(=O)NC7=O)CC7(CCN(C(=O)O)CC7)O5)CC6)nc4c3F)c12. The number of anilines is 1. The van der Waals surface area contributed by atoms with E-state index in [4.69, 9.17) is 30.6 Å². The highest BCUT2D eigenvalue weighted by Gasteiger charge is 2.52. The van der Waals surface area contributed by atoms with E-state index in [0.717, 1.165) is 45.1 Å². The minimum absolute atomic E-state index is 0.00171. The van der Waals surface area contributed by atoms with E-state index in [1.807, 2.05) is 37.8 Å². The highest BCUT2D eigenvalue weighted by atomic mass is 19.1. The Balaban J connectivity index is 0.772. The zero-order valence-corrected chi connectivity index (χ0v) is 48.7. The molecule has 7 aliphatic heterocycles. The fraction of sp³-hybridized carbons (Fsp3) is 0.500. The van der Waals surface area contributed by atoms with Gasteiger partial charge in [-0.15, -0.1) is 6.42 Å². The molecule has 13 rings (SSSR count). The fourth-order valence-corrected chi connectivity index (χ4v) is 15.1. The van der Waals surface area contributed by atoms with Crippen molar-refractivity contribution in [3.05, 3.63) is 88.0 Å². The number of amides is 4. The van der Waals surface area contributed by atoms with Crippen LogP contribution in [0.25, 0.3) is 44.0 Å². The van der Waals surface area contributed by atoms with Crippen molar-refractivity contribution in [3.8, 4) is 41.5 Å². The number of pyridine rings is 1. The molecular formula is C64H69F2N11O9. The number of nitrogens with one attached hydrogen (secondary N) is 1. The number of halogens is 2. The molecule has 7 fully saturated rings. The van der Waals surface area contributed by atoms with E-state index in [0.29, 0.717) is 109 Å². The summed E-state index contributed by atoms with van der Waals surface area (Å²) in [6.07, 6.45) is 13.0. The number of ether oxygens (including phenoxy) is 3. The minimum atomic E-state index is -0.955. The summed E-state index contributed by atoms with van der Waals surface area (Å²) in [5, 5.41) is 13.6. The number of piperidine rings is 2. The standard InChI is InChI=1S/C64H69F2N11O9/c1-6-44-47(65)19-16-38-11-7-14-45(51(38)44)53-52(66)54-46(32-67-53)56(74-33-41-17-18-42(34-74)76(41)61(83)86-62(2,3)4)70-58(69-54)84-37-63-23-10-28-75(63)40(22-24-63)31-43-35-72(36-64(85-43)25-29-73(30-26-64)60(81)82)27-9-13-39-12-8-15-48-55(39)71(5)59(80)77(48)49-20-21-50(78)68-57(49)79/h1,7-8,11-12,14-16,19,32,40-43,49H,10,17-18,20-31,33-37H2,2-5H3,(H,81,82)(H,68,78,79)/t40-,41?,42?,43?,49?,63-/m0/s1. The Morgan fingerprint density at radius 1 is 0.942 bits per heavy atom. The summed E-state index contributed by atoms with van der Waals surface area (Å²) in [5.74, 6) is 7.41. The molecule has 0 saturated carbocycles. The van der Waals surface area contributed by atoms with E-state index >= 15 is 8.78 Å². The zero-order valence-electron chi connectivity index (χ0n) is 48.7. The molecule has 10 heterocycles. The van der Waals surface area contributed by atoms with Gasteiger partial charge in [0.15, 0.2) is 5.82 Å². The van der Waals surface area contributed by atoms with Crippen LogP contribution in [0.2, 0.25) is 0 Å². The molecule has 2 N–H and O–H groups in total. The second-order valence-corrected chi connectivity index (χ2v) is 25.4. The van der Waals surface area contributed by atoms with Crippen LogP contribution >= 0.6 is 0 Å². The van der Waals surface area contributed by atoms with E-state index in [1.165, 1.54) is 20.1 Å². The van der Waals surface area contributed by atoms with Crippen LogP contribution in [-0.4, -0.2) is 173 Å². The van der Waals surface area contributed by atoms with Crippen molar-refractivity contribution in [2.45, 2.75) is 138 Å². The summed E-state index contributed by atoms with van der Waals surface area (Å²) < 4.78 is 55.7. The van der Waals surface area contributed by atoms with Gasteiger partial charge in [0.05, 0.1) is 63.4 Å². The first-order valence-electron chi connectivity index (χ1n) is 29.9. The van der Waals surface area contributed by atoms with Gasteiger partial charge in [-0.1, -0.05) is 48.1 Å². The van der Waals surface area contributed by atoms with Gasteiger partial charge in [-0.3, -0.25) is 43.7 Å². The smallest absolute Gasteiger partial charge is 0.410 e. The maximum Gasteiger partial charge on any atom is 0.410 e. The topological polar surface area (TPSA) is 210 Å². The third-order valence-electron chi connectivity index (χ3n) is 18.9. The Morgan fingerprint density at radius 3 is 2.47 bits per heavy atom. The Morgan fingerprint density at radius 2 is 1.72 bits per heavy atom. The van der Waals surface area contributed by atoms with Crippen molar-refractivity contribution < 1.29 is 47.3 Å². The number of terminal acetylenes is 1. The number of aromatic nitrogens is 5. The number of imide groups is 1. The second kappa shape index (κ2) is 22.0. The molecule has 6 atom stereocenters. The van der Waals surface area contributed by atoms with E-state index in [1.54, 1.807) is 43.6 Å². The maximum atomic E-state index is 17.7. The third kappa shape index (κ3) is 10.2. The van der Waals surface area contributed by atoms with Gasteiger partial charge in [0.25, 0.3) is 0 Å². The number of rotatable bonds is 9. The lowest BCUT2D eigenvalue weighted by molar-refractivity contribution is -0.176. The number of carbonyl (C=O) groups is 4. The molecule has 2 bridgehead atoms. The largest absolute Gasteiger partial charge is 0.465 e. The van der Waals surface area contributed by atoms with Gasteiger partial charge in [-0.05, 0) is 115 Å². The average molecular weight is 1170 g/mol. The van der Waals surface area contributed by atoms with Crippen LogP contribution in [-0.2, 0) is 26.1 Å². The predicted octanol–water partition coefficient (Wildman–Crippen LogP) is 7.35. The van der Waals surface area contributed by atoms with Crippen molar-refractivity contribution in [3.63, 3.8) is 0 Å². The van der Waals surface area contributed by atoms with Crippen LogP contribution < -0.4 is 20.6 Å². The number of imidazole rings is 1. The first-order chi connectivity index (χ1) is 41.3. The Labute approximate surface area is 495 Å². The van der Waals surface area contributed by atoms with Crippen molar-refractivity contribution in [2.24, 2.45) is 7.05 Å². The van der Waals surface area contributed by atoms with Gasteiger partial charge < -0.3 is 29.1 Å². The average Bonchev–Trinajstić information content (AvgIpc) is 2.94. The molecule has 3 aromatic carbocycles. The first-order valence-corrected chi connectivity index (χ1v) is 29.9. The Bertz CT molecular complexity index is 3930. The number of aryl methyl sites for hydroxylation is 1. The normalized spacial score (nSPS) is 24.9. The monoisotopic (exact) mass is 1170 g/mol. The predicted molar refractivity (Wildman–Crippen MR) is 315 cm³/mol. The summed E-state index contributed by atoms with van der Waals surface area (Å²) in [6, 6.07) is 12.5. The number of para-hydroxylation sites is 1. The van der Waals surface area contributed by atoms with Crippen molar-refractivity contribution in [1.29, 1.82) is 0 Å². The van der Waals surface area contributed by atoms with Crippen LogP contribution in [0.5, 0.6) is 6.01 Å². The molecule has 7 saturated heterocycles. The van der Waals surface area contributed by atoms with Gasteiger partial charge in [0.1, 0.15) is 41.1 Å². The number of likely N-dealkylation sites (tertiary alicyclic amines) is 1. The molecule has 0 radical (unpaired) electrons. The molecular weight excluding hydrogens is 1100 g/mol. The van der Waals surface area contributed by atoms with E-state index in [-0.39, 0.29) is 89.7 Å². The van der Waals surface area contributed by atoms with Gasteiger partial charge in [-0.25, -0.2) is 23.2 Å². The molecule has 0 aliphatic carbocycles. The minimum Gasteiger partial charge on any atom is -0.465 e. The Kier molecular flexibility index (Phi) is 14.5. The van der Waals surface area contributed by atoms with Crippen LogP contribution in [0.4, 0.5) is 24.2 Å². The summed E-state index contributed by atoms with van der Waals surface area (Å²) in [4.78, 5) is 89.1. The third-order valence-corrected chi connectivity index (χ3v) is 18.9. The highest BCUT2D eigenvalue weighted by molar-refractivity contribution is 6.02. The van der Waals surface area contributed by atoms with Gasteiger partial charge in [0, 0.05) is 75.9 Å². The van der Waals surface area contributed by atoms with Crippen LogP contribution in [0.1, 0.15) is 109 Å². The van der Waals surface area contributed by atoms with Gasteiger partial charge >= 0.3 is 23.9 Å². The molecule has 448 valence electrons. The lowest BCUT2D eigenvalue weighted by Crippen LogP contribution is -2.60. The molecule has 7 aliphatic rings. The van der Waals surface area contributed by atoms with E-state index in [9.17, 15) is 29.1 Å². The number of benzene rings is 3. The molecule has 86 heavy (non-hydrogen) atoms. The van der Waals surface area contributed by atoms with Gasteiger partial charge in [-0.2, -0.15) is 9.97 Å². The molecule has 4 unspecified atom stereocenters. The maximum absolute atomic E-state index is 17.7. The number of piperazine rings is 1. The molecule has 20 nitrogen and oxygen atoms in total. The Hall–Kier alpha value is -8.18. The first kappa shape index (κ1) is 56.9. The lowest BCUT2D eigenvalue weighted by Gasteiger charge is -2.50. The summed E-state index contributed by atoms with van der Waals surface area (Å²) in [7, 11) is 1.66. The summed E-state index contributed by atoms with van der Waals surface area (Å²) in [5.41, 5.74) is -0.0139. The fourth-order valence-electron chi connectivity index (χ4n) is 15.1. The van der Waals surface area contributed by atoms with Crippen LogP contribution in [0.3, 0.4) is 0 Å².